The second kappa shape index (κ2) is 9.38. The summed E-state index contributed by atoms with van der Waals surface area (Å²) < 4.78 is 10.1. The molecule has 120 valence electrons. The van der Waals surface area contributed by atoms with Gasteiger partial charge in [-0.2, -0.15) is 5.26 Å². The van der Waals surface area contributed by atoms with Crippen molar-refractivity contribution >= 4 is 11.9 Å². The van der Waals surface area contributed by atoms with E-state index in [4.69, 9.17) is 9.47 Å². The third-order valence-electron chi connectivity index (χ3n) is 3.53. The molecule has 5 heteroatoms. The van der Waals surface area contributed by atoms with E-state index in [1.165, 1.54) is 0 Å². The first-order chi connectivity index (χ1) is 9.89. The topological polar surface area (TPSA) is 76.4 Å². The number of nitrogens with zero attached hydrogens (tertiary/aromatic N) is 1. The molecule has 0 bridgehead atoms. The molecule has 0 N–H and O–H groups in total. The molecule has 0 aliphatic rings. The van der Waals surface area contributed by atoms with Gasteiger partial charge in [-0.25, -0.2) is 0 Å². The van der Waals surface area contributed by atoms with Crippen molar-refractivity contribution < 1.29 is 19.1 Å². The lowest BCUT2D eigenvalue weighted by atomic mass is 9.71. The molecule has 0 aromatic carbocycles. The number of nitriles is 1. The third-order valence-corrected chi connectivity index (χ3v) is 3.53. The molecule has 2 unspecified atom stereocenters. The highest BCUT2D eigenvalue weighted by Crippen LogP contribution is 2.38. The summed E-state index contributed by atoms with van der Waals surface area (Å²) in [4.78, 5) is 24.5. The highest BCUT2D eigenvalue weighted by molar-refractivity contribution is 5.88. The quantitative estimate of drug-likeness (QED) is 0.611. The first kappa shape index (κ1) is 19.4. The molecule has 5 nitrogen and oxygen atoms in total. The van der Waals surface area contributed by atoms with Crippen LogP contribution in [-0.4, -0.2) is 25.2 Å². The SMILES string of the molecule is CCOC(=O)C(CC)C(C#N)(CCC(C)C)C(=O)OCC. The molecule has 0 fully saturated rings. The van der Waals surface area contributed by atoms with Crippen molar-refractivity contribution in [2.24, 2.45) is 17.3 Å². The zero-order valence-electron chi connectivity index (χ0n) is 13.8. The fourth-order valence-corrected chi connectivity index (χ4v) is 2.33. The van der Waals surface area contributed by atoms with Gasteiger partial charge in [-0.3, -0.25) is 9.59 Å². The Labute approximate surface area is 127 Å². The van der Waals surface area contributed by atoms with Crippen LogP contribution in [0, 0.1) is 28.6 Å². The van der Waals surface area contributed by atoms with Crippen LogP contribution in [-0.2, 0) is 19.1 Å². The lowest BCUT2D eigenvalue weighted by Crippen LogP contribution is -2.43. The van der Waals surface area contributed by atoms with E-state index in [-0.39, 0.29) is 13.2 Å². The Kier molecular flexibility index (Phi) is 8.68. The minimum atomic E-state index is -1.46. The van der Waals surface area contributed by atoms with Gasteiger partial charge in [0.05, 0.1) is 25.2 Å². The van der Waals surface area contributed by atoms with Crippen molar-refractivity contribution in [3.8, 4) is 6.07 Å². The predicted octanol–water partition coefficient (Wildman–Crippen LogP) is 3.08. The van der Waals surface area contributed by atoms with E-state index in [1.807, 2.05) is 13.8 Å². The number of carbonyl (C=O) groups excluding carboxylic acids is 2. The van der Waals surface area contributed by atoms with Gasteiger partial charge in [0.1, 0.15) is 0 Å². The molecular weight excluding hydrogens is 270 g/mol. The van der Waals surface area contributed by atoms with Crippen molar-refractivity contribution in [2.75, 3.05) is 13.2 Å². The lowest BCUT2D eigenvalue weighted by Gasteiger charge is -2.31. The summed E-state index contributed by atoms with van der Waals surface area (Å²) in [5, 5.41) is 9.65. The third kappa shape index (κ3) is 5.04. The molecule has 0 spiro atoms. The first-order valence-electron chi connectivity index (χ1n) is 7.64. The maximum absolute atomic E-state index is 12.4. The average Bonchev–Trinajstić information content (AvgIpc) is 2.43. The Morgan fingerprint density at radius 3 is 2.10 bits per heavy atom. The van der Waals surface area contributed by atoms with Crippen LogP contribution < -0.4 is 0 Å². The van der Waals surface area contributed by atoms with Crippen molar-refractivity contribution in [1.29, 1.82) is 5.26 Å². The zero-order valence-corrected chi connectivity index (χ0v) is 13.8. The van der Waals surface area contributed by atoms with Crippen LogP contribution in [0.3, 0.4) is 0 Å². The maximum Gasteiger partial charge on any atom is 0.327 e. The van der Waals surface area contributed by atoms with E-state index < -0.39 is 23.3 Å². The van der Waals surface area contributed by atoms with Crippen molar-refractivity contribution in [3.63, 3.8) is 0 Å². The van der Waals surface area contributed by atoms with Gasteiger partial charge in [-0.05, 0) is 39.0 Å². The molecule has 0 aliphatic heterocycles. The molecule has 0 heterocycles. The van der Waals surface area contributed by atoms with Crippen LogP contribution in [0.15, 0.2) is 0 Å². The van der Waals surface area contributed by atoms with Gasteiger partial charge < -0.3 is 9.47 Å². The number of esters is 2. The zero-order chi connectivity index (χ0) is 16.5. The van der Waals surface area contributed by atoms with Crippen molar-refractivity contribution in [2.45, 2.75) is 53.9 Å². The summed E-state index contributed by atoms with van der Waals surface area (Å²) >= 11 is 0. The van der Waals surface area contributed by atoms with E-state index >= 15 is 0 Å². The van der Waals surface area contributed by atoms with Crippen molar-refractivity contribution in [3.05, 3.63) is 0 Å². The first-order valence-corrected chi connectivity index (χ1v) is 7.64. The molecule has 2 atom stereocenters. The Balaban J connectivity index is 5.56. The average molecular weight is 297 g/mol. The fraction of sp³-hybridized carbons (Fsp3) is 0.812. The van der Waals surface area contributed by atoms with E-state index in [0.717, 1.165) is 0 Å². The van der Waals surface area contributed by atoms with E-state index in [0.29, 0.717) is 25.2 Å². The summed E-state index contributed by atoms with van der Waals surface area (Å²) in [6.45, 7) is 9.61. The van der Waals surface area contributed by atoms with Gasteiger partial charge >= 0.3 is 11.9 Å². The minimum absolute atomic E-state index is 0.184. The van der Waals surface area contributed by atoms with Gasteiger partial charge in [0, 0.05) is 0 Å². The molecule has 0 radical (unpaired) electrons. The van der Waals surface area contributed by atoms with Gasteiger partial charge in [0.15, 0.2) is 5.41 Å². The highest BCUT2D eigenvalue weighted by Gasteiger charge is 2.50. The molecule has 0 saturated carbocycles. The van der Waals surface area contributed by atoms with Gasteiger partial charge in [0.25, 0.3) is 0 Å². The second-order valence-electron chi connectivity index (χ2n) is 5.45. The Morgan fingerprint density at radius 1 is 1.14 bits per heavy atom. The van der Waals surface area contributed by atoms with Crippen molar-refractivity contribution in [1.82, 2.24) is 0 Å². The Morgan fingerprint density at radius 2 is 1.71 bits per heavy atom. The molecule has 0 saturated heterocycles. The van der Waals surface area contributed by atoms with Crippen LogP contribution in [0.4, 0.5) is 0 Å². The van der Waals surface area contributed by atoms with E-state index in [9.17, 15) is 14.9 Å². The normalized spacial score (nSPS) is 14.9. The molecule has 21 heavy (non-hydrogen) atoms. The maximum atomic E-state index is 12.4. The van der Waals surface area contributed by atoms with Crippen LogP contribution in [0.2, 0.25) is 0 Å². The summed E-state index contributed by atoms with van der Waals surface area (Å²) in [7, 11) is 0. The van der Waals surface area contributed by atoms with Crippen LogP contribution in [0.5, 0.6) is 0 Å². The highest BCUT2D eigenvalue weighted by atomic mass is 16.5. The number of hydrogen-bond acceptors (Lipinski definition) is 5. The largest absolute Gasteiger partial charge is 0.466 e. The second-order valence-corrected chi connectivity index (χ2v) is 5.45. The molecule has 0 rings (SSSR count). The molecule has 0 amide bonds. The van der Waals surface area contributed by atoms with Gasteiger partial charge in [-0.15, -0.1) is 0 Å². The number of ether oxygens (including phenoxy) is 2. The van der Waals surface area contributed by atoms with E-state index in [2.05, 4.69) is 6.07 Å². The van der Waals surface area contributed by atoms with Gasteiger partial charge in [0.2, 0.25) is 0 Å². The smallest absolute Gasteiger partial charge is 0.327 e. The van der Waals surface area contributed by atoms with Gasteiger partial charge in [-0.1, -0.05) is 20.8 Å². The Bertz CT molecular complexity index is 386. The summed E-state index contributed by atoms with van der Waals surface area (Å²) in [6, 6.07) is 2.07. The summed E-state index contributed by atoms with van der Waals surface area (Å²) in [5.74, 6) is -1.58. The predicted molar refractivity (Wildman–Crippen MR) is 79.2 cm³/mol. The molecule has 0 aromatic heterocycles. The standard InChI is InChI=1S/C16H27NO4/c1-6-13(14(18)20-7-2)16(11-17,10-9-12(4)5)15(19)21-8-3/h12-13H,6-10H2,1-5H3. The summed E-state index contributed by atoms with van der Waals surface area (Å²) in [5.41, 5.74) is -1.46. The molecular formula is C16H27NO4. The molecule has 0 aromatic rings. The summed E-state index contributed by atoms with van der Waals surface area (Å²) in [6.07, 6.45) is 1.34. The monoisotopic (exact) mass is 297 g/mol. The number of carbonyl (C=O) groups is 2. The van der Waals surface area contributed by atoms with Crippen LogP contribution in [0.25, 0.3) is 0 Å². The molecule has 0 aliphatic carbocycles. The lowest BCUT2D eigenvalue weighted by molar-refractivity contribution is -0.166. The fourth-order valence-electron chi connectivity index (χ4n) is 2.33. The van der Waals surface area contributed by atoms with Crippen LogP contribution >= 0.6 is 0 Å². The van der Waals surface area contributed by atoms with Crippen LogP contribution in [0.1, 0.15) is 53.9 Å². The Hall–Kier alpha value is -1.57. The minimum Gasteiger partial charge on any atom is -0.466 e. The number of rotatable bonds is 9. The number of hydrogen-bond donors (Lipinski definition) is 0. The van der Waals surface area contributed by atoms with E-state index in [1.54, 1.807) is 20.8 Å².